The minimum Gasteiger partial charge on any atom is -0.496 e. The molecule has 7 aromatic carbocycles. The van der Waals surface area contributed by atoms with Crippen molar-refractivity contribution < 1.29 is 9.47 Å². The van der Waals surface area contributed by atoms with Crippen molar-refractivity contribution >= 4 is 79.0 Å². The third-order valence-corrected chi connectivity index (χ3v) is 28.9. The first kappa shape index (κ1) is 83.4. The maximum Gasteiger partial charge on any atom is 0.133 e. The van der Waals surface area contributed by atoms with Gasteiger partial charge >= 0.3 is 0 Å². The average molecular weight is 1570 g/mol. The van der Waals surface area contributed by atoms with Gasteiger partial charge in [0, 0.05) is 58.1 Å². The predicted molar refractivity (Wildman–Crippen MR) is 486 cm³/mol. The average Bonchev–Trinajstić information content (AvgIpc) is 1.48. The SMILES string of the molecule is CCCCCCCCCCCCc1ccc(C2(c3ccc(CCCCCCCCCCCC)cc3)c3cc(C)sc3-c3c(OC)c4c(c(OC)c32)-c2sc(-c3cc5c(cc(C)c6nsnc65)c5nsnc35)cc2C4(c2ccc(CCCCCCCCCCCC)cc2)c2ccc(CCCCCCCCCCCC)cc2)cc1. The molecule has 596 valence electrons. The molecule has 0 bridgehead atoms. The molecular weight excluding hydrogens is 1440 g/mol. The smallest absolute Gasteiger partial charge is 0.133 e. The Bertz CT molecular complexity index is 4590. The highest BCUT2D eigenvalue weighted by atomic mass is 32.1. The fraction of sp³-hybridized carbons (Fsp3) is 0.529. The zero-order chi connectivity index (χ0) is 77.5. The molecule has 11 aromatic rings. The molecule has 112 heavy (non-hydrogen) atoms. The lowest BCUT2D eigenvalue weighted by Gasteiger charge is -2.37. The van der Waals surface area contributed by atoms with Crippen LogP contribution in [-0.2, 0) is 36.5 Å². The van der Waals surface area contributed by atoms with Gasteiger partial charge in [-0.25, -0.2) is 0 Å². The van der Waals surface area contributed by atoms with Crippen LogP contribution in [-0.4, -0.2) is 31.7 Å². The van der Waals surface area contributed by atoms with Crippen molar-refractivity contribution in [1.29, 1.82) is 0 Å². The first-order valence-electron chi connectivity index (χ1n) is 45.0. The summed E-state index contributed by atoms with van der Waals surface area (Å²) in [6.45, 7) is 13.7. The van der Waals surface area contributed by atoms with Gasteiger partial charge in [0.2, 0.25) is 0 Å². The molecule has 0 radical (unpaired) electrons. The number of unbranched alkanes of at least 4 members (excludes halogenated alkanes) is 36. The number of aryl methyl sites for hydroxylation is 6. The van der Waals surface area contributed by atoms with E-state index in [-0.39, 0.29) is 0 Å². The molecule has 10 heteroatoms. The van der Waals surface area contributed by atoms with Crippen molar-refractivity contribution in [3.05, 3.63) is 199 Å². The van der Waals surface area contributed by atoms with E-state index in [2.05, 4.69) is 163 Å². The van der Waals surface area contributed by atoms with Gasteiger partial charge in [-0.05, 0) is 151 Å². The van der Waals surface area contributed by atoms with E-state index in [1.807, 2.05) is 36.9 Å². The molecule has 2 aliphatic carbocycles. The molecule has 0 unspecified atom stereocenters. The summed E-state index contributed by atoms with van der Waals surface area (Å²) >= 11 is 6.41. The zero-order valence-corrected chi connectivity index (χ0v) is 73.2. The van der Waals surface area contributed by atoms with Gasteiger partial charge in [-0.3, -0.25) is 0 Å². The summed E-state index contributed by atoms with van der Waals surface area (Å²) in [6.07, 6.45) is 57.6. The van der Waals surface area contributed by atoms with Crippen LogP contribution in [0.2, 0.25) is 0 Å². The van der Waals surface area contributed by atoms with Gasteiger partial charge < -0.3 is 9.47 Å². The maximum absolute atomic E-state index is 7.58. The van der Waals surface area contributed by atoms with Gasteiger partial charge in [0.1, 0.15) is 33.6 Å². The lowest BCUT2D eigenvalue weighted by atomic mass is 9.65. The van der Waals surface area contributed by atoms with Gasteiger partial charge in [0.05, 0.1) is 48.5 Å². The number of ether oxygens (including phenoxy) is 2. The van der Waals surface area contributed by atoms with E-state index < -0.39 is 10.8 Å². The quantitative estimate of drug-likeness (QED) is 0.0354. The number of rotatable bonds is 51. The molecule has 0 saturated heterocycles. The van der Waals surface area contributed by atoms with Crippen molar-refractivity contribution in [3.63, 3.8) is 0 Å². The van der Waals surface area contributed by atoms with Crippen LogP contribution in [0.15, 0.2) is 121 Å². The fourth-order valence-electron chi connectivity index (χ4n) is 19.4. The highest BCUT2D eigenvalue weighted by Crippen LogP contribution is 2.72. The molecule has 4 aromatic heterocycles. The van der Waals surface area contributed by atoms with Gasteiger partial charge in [-0.15, -0.1) is 22.7 Å². The van der Waals surface area contributed by atoms with E-state index in [0.717, 1.165) is 97.2 Å². The van der Waals surface area contributed by atoms with Crippen LogP contribution in [0.3, 0.4) is 0 Å². The first-order valence-corrected chi connectivity index (χ1v) is 48.1. The highest BCUT2D eigenvalue weighted by molar-refractivity contribution is 7.19. The summed E-state index contributed by atoms with van der Waals surface area (Å²) in [4.78, 5) is 4.91. The summed E-state index contributed by atoms with van der Waals surface area (Å²) in [5.74, 6) is 1.86. The maximum atomic E-state index is 7.58. The molecule has 4 heterocycles. The van der Waals surface area contributed by atoms with Crippen molar-refractivity contribution in [2.24, 2.45) is 0 Å². The number of benzene rings is 7. The lowest BCUT2D eigenvalue weighted by molar-refractivity contribution is 0.394. The van der Waals surface area contributed by atoms with Crippen molar-refractivity contribution in [2.45, 2.75) is 335 Å². The zero-order valence-electron chi connectivity index (χ0n) is 69.9. The molecule has 0 aliphatic heterocycles. The summed E-state index contributed by atoms with van der Waals surface area (Å²) < 4.78 is 35.4. The summed E-state index contributed by atoms with van der Waals surface area (Å²) in [5, 5.41) is 2.14. The number of hydrogen-bond acceptors (Lipinski definition) is 10. The first-order chi connectivity index (χ1) is 55.2. The number of nitrogens with zero attached hydrogens (tertiary/aromatic N) is 4. The van der Waals surface area contributed by atoms with Crippen LogP contribution >= 0.6 is 46.1 Å². The molecular formula is C102H132N4O2S4. The number of methoxy groups -OCH3 is 2. The van der Waals surface area contributed by atoms with Crippen molar-refractivity contribution in [1.82, 2.24) is 17.5 Å². The van der Waals surface area contributed by atoms with Crippen LogP contribution in [0.25, 0.3) is 64.2 Å². The Kier molecular flexibility index (Phi) is 31.1. The van der Waals surface area contributed by atoms with E-state index >= 15 is 0 Å². The number of thiophene rings is 2. The molecule has 0 fully saturated rings. The molecule has 0 atom stereocenters. The van der Waals surface area contributed by atoms with E-state index in [1.165, 1.54) is 362 Å². The summed E-state index contributed by atoms with van der Waals surface area (Å²) in [7, 11) is 3.94. The van der Waals surface area contributed by atoms with E-state index in [0.29, 0.717) is 0 Å². The molecule has 2 aliphatic rings. The van der Waals surface area contributed by atoms with Gasteiger partial charge in [-0.1, -0.05) is 356 Å². The third kappa shape index (κ3) is 18.6. The Labute approximate surface area is 691 Å². The summed E-state index contributed by atoms with van der Waals surface area (Å²) in [5.41, 5.74) is 22.0. The van der Waals surface area contributed by atoms with Crippen LogP contribution in [0, 0.1) is 13.8 Å². The van der Waals surface area contributed by atoms with E-state index in [1.54, 1.807) is 0 Å². The second-order valence-corrected chi connectivity index (χ2v) is 37.0. The second kappa shape index (κ2) is 41.8. The number of fused-ring (bicyclic) bond motifs is 11. The standard InChI is InChI=1S/C102H132N4O2S4/c1-9-13-17-21-25-29-33-37-41-45-49-75-53-61-79(62-54-75)101(80-63-55-76(56-64-80)50-46-42-38-34-30-26-22-18-14-10-2)86-70-74(6)109-99(86)89-91(101)98(108-8)90-92(97(89)107-7)102(81-65-57-77(58-66-81)51-47-43-39-35-31-27-23-19-15-11-3,82-67-59-78(60-68-82)52-48-44-40-36-32-28-24-20-16-12-4)87-72-88(110-100(87)90)85-71-84-83(95-96(85)106-112-105-95)69-73(5)93-94(84)104-111-103-93/h53-72H,9-52H2,1-8H3. The Hall–Kier alpha value is -6.56. The molecule has 0 amide bonds. The minimum absolute atomic E-state index is 0.770. The third-order valence-electron chi connectivity index (χ3n) is 25.6. The van der Waals surface area contributed by atoms with Crippen LogP contribution in [0.5, 0.6) is 11.5 Å². The van der Waals surface area contributed by atoms with E-state index in [4.69, 9.17) is 27.0 Å². The Morgan fingerprint density at radius 2 is 0.589 bits per heavy atom. The molecule has 13 rings (SSSR count). The van der Waals surface area contributed by atoms with Crippen LogP contribution in [0.4, 0.5) is 0 Å². The topological polar surface area (TPSA) is 70.0 Å². The van der Waals surface area contributed by atoms with Crippen LogP contribution in [0.1, 0.15) is 362 Å². The highest BCUT2D eigenvalue weighted by Gasteiger charge is 2.58. The number of aromatic nitrogens is 4. The lowest BCUT2D eigenvalue weighted by Crippen LogP contribution is -2.31. The fourth-order valence-corrected chi connectivity index (χ4v) is 23.0. The van der Waals surface area contributed by atoms with Crippen molar-refractivity contribution in [3.8, 4) is 42.8 Å². The molecule has 0 spiro atoms. The predicted octanol–water partition coefficient (Wildman–Crippen LogP) is 31.9. The van der Waals surface area contributed by atoms with Gasteiger partial charge in [0.25, 0.3) is 0 Å². The Morgan fingerprint density at radius 3 is 0.929 bits per heavy atom. The van der Waals surface area contributed by atoms with Crippen LogP contribution < -0.4 is 9.47 Å². The Balaban J connectivity index is 0.969. The van der Waals surface area contributed by atoms with Crippen molar-refractivity contribution in [2.75, 3.05) is 14.2 Å². The van der Waals surface area contributed by atoms with E-state index in [9.17, 15) is 0 Å². The summed E-state index contributed by atoms with van der Waals surface area (Å²) in [6, 6.07) is 49.5. The second-order valence-electron chi connectivity index (χ2n) is 33.7. The molecule has 6 nitrogen and oxygen atoms in total. The monoisotopic (exact) mass is 1570 g/mol. The van der Waals surface area contributed by atoms with Gasteiger partial charge in [-0.2, -0.15) is 17.5 Å². The van der Waals surface area contributed by atoms with Gasteiger partial charge in [0.15, 0.2) is 0 Å². The normalized spacial score (nSPS) is 13.3. The molecule has 0 saturated carbocycles. The number of hydrogen-bond donors (Lipinski definition) is 0. The Morgan fingerprint density at radius 1 is 0.304 bits per heavy atom. The largest absolute Gasteiger partial charge is 0.496 e. The molecule has 0 N–H and O–H groups in total. The minimum atomic E-state index is -0.859.